The first-order valence-corrected chi connectivity index (χ1v) is 5.65. The minimum absolute atomic E-state index is 0.0488. The average Bonchev–Trinajstić information content (AvgIpc) is 2.40. The Bertz CT molecular complexity index is 588. The highest BCUT2D eigenvalue weighted by atomic mass is 16.5. The van der Waals surface area contributed by atoms with Crippen LogP contribution in [0.2, 0.25) is 0 Å². The van der Waals surface area contributed by atoms with Gasteiger partial charge in [0.25, 0.3) is 0 Å². The fourth-order valence-corrected chi connectivity index (χ4v) is 2.09. The summed E-state index contributed by atoms with van der Waals surface area (Å²) in [5.74, 6) is 0. The molecule has 0 atom stereocenters. The molecule has 5 heteroatoms. The van der Waals surface area contributed by atoms with Gasteiger partial charge in [-0.1, -0.05) is 0 Å². The summed E-state index contributed by atoms with van der Waals surface area (Å²) in [7, 11) is 0. The minimum atomic E-state index is -0.0488. The topological polar surface area (TPSA) is 58.2 Å². The van der Waals surface area contributed by atoms with E-state index < -0.39 is 0 Å². The third-order valence-corrected chi connectivity index (χ3v) is 3.01. The quantitative estimate of drug-likeness (QED) is 0.787. The molecular weight excluding hydrogens is 218 g/mol. The molecule has 1 aliphatic heterocycles. The van der Waals surface area contributed by atoms with Crippen molar-refractivity contribution in [3.8, 4) is 0 Å². The molecule has 0 radical (unpaired) electrons. The number of benzene rings is 1. The van der Waals surface area contributed by atoms with E-state index in [-0.39, 0.29) is 5.43 Å². The van der Waals surface area contributed by atoms with E-state index in [0.29, 0.717) is 5.39 Å². The molecule has 1 aromatic heterocycles. The van der Waals surface area contributed by atoms with Crippen molar-refractivity contribution in [2.75, 3.05) is 31.2 Å². The van der Waals surface area contributed by atoms with E-state index in [4.69, 9.17) is 4.74 Å². The smallest absolute Gasteiger partial charge is 0.207 e. The van der Waals surface area contributed by atoms with E-state index in [1.165, 1.54) is 6.20 Å². The first kappa shape index (κ1) is 10.3. The van der Waals surface area contributed by atoms with Gasteiger partial charge in [0.2, 0.25) is 5.43 Å². The first-order chi connectivity index (χ1) is 8.34. The van der Waals surface area contributed by atoms with Gasteiger partial charge in [-0.25, -0.2) is 0 Å². The summed E-state index contributed by atoms with van der Waals surface area (Å²) < 4.78 is 5.32. The van der Waals surface area contributed by atoms with Crippen molar-refractivity contribution >= 4 is 16.6 Å². The molecule has 1 N–H and O–H groups in total. The van der Waals surface area contributed by atoms with Gasteiger partial charge in [-0.2, -0.15) is 5.10 Å². The molecule has 0 spiro atoms. The highest BCUT2D eigenvalue weighted by molar-refractivity contribution is 5.81. The molecule has 3 rings (SSSR count). The third kappa shape index (κ3) is 1.89. The van der Waals surface area contributed by atoms with Crippen molar-refractivity contribution in [2.24, 2.45) is 0 Å². The van der Waals surface area contributed by atoms with Crippen molar-refractivity contribution < 1.29 is 4.74 Å². The van der Waals surface area contributed by atoms with Crippen LogP contribution in [0.1, 0.15) is 0 Å². The third-order valence-electron chi connectivity index (χ3n) is 3.01. The molecule has 88 valence electrons. The van der Waals surface area contributed by atoms with E-state index >= 15 is 0 Å². The number of hydrogen-bond acceptors (Lipinski definition) is 4. The monoisotopic (exact) mass is 231 g/mol. The van der Waals surface area contributed by atoms with Crippen LogP contribution >= 0.6 is 0 Å². The lowest BCUT2D eigenvalue weighted by Crippen LogP contribution is -2.36. The second-order valence-electron chi connectivity index (χ2n) is 4.06. The van der Waals surface area contributed by atoms with Gasteiger partial charge in [-0.15, -0.1) is 0 Å². The number of anilines is 1. The van der Waals surface area contributed by atoms with Gasteiger partial charge in [-0.05, 0) is 18.2 Å². The summed E-state index contributed by atoms with van der Waals surface area (Å²) in [6.07, 6.45) is 1.30. The number of ether oxygens (including phenoxy) is 1. The van der Waals surface area contributed by atoms with Crippen LogP contribution in [-0.4, -0.2) is 36.5 Å². The second-order valence-corrected chi connectivity index (χ2v) is 4.06. The molecule has 0 saturated carbocycles. The average molecular weight is 231 g/mol. The molecule has 5 nitrogen and oxygen atoms in total. The predicted octanol–water partition coefficient (Wildman–Crippen LogP) is 0.760. The molecule has 2 aromatic rings. The molecule has 1 aromatic carbocycles. The molecule has 2 heterocycles. The number of aromatic nitrogens is 2. The summed E-state index contributed by atoms with van der Waals surface area (Å²) in [5, 5.41) is 7.36. The number of fused-ring (bicyclic) bond motifs is 1. The van der Waals surface area contributed by atoms with Crippen molar-refractivity contribution in [3.05, 3.63) is 34.6 Å². The van der Waals surface area contributed by atoms with E-state index in [2.05, 4.69) is 15.1 Å². The first-order valence-electron chi connectivity index (χ1n) is 5.65. The van der Waals surface area contributed by atoms with Crippen LogP contribution in [0.15, 0.2) is 29.2 Å². The maximum atomic E-state index is 11.6. The molecule has 1 aliphatic rings. The standard InChI is InChI=1S/C12H13N3O2/c16-12-8-13-14-11-7-9(1-2-10(11)12)15-3-5-17-6-4-15/h1-2,7-8H,3-6H2,(H,14,16). The van der Waals surface area contributed by atoms with Crippen LogP contribution in [0.5, 0.6) is 0 Å². The summed E-state index contributed by atoms with van der Waals surface area (Å²) in [6, 6.07) is 5.79. The van der Waals surface area contributed by atoms with Crippen LogP contribution < -0.4 is 10.3 Å². The van der Waals surface area contributed by atoms with E-state index in [9.17, 15) is 4.79 Å². The lowest BCUT2D eigenvalue weighted by molar-refractivity contribution is 0.122. The largest absolute Gasteiger partial charge is 0.378 e. The lowest BCUT2D eigenvalue weighted by atomic mass is 10.2. The van der Waals surface area contributed by atoms with Crippen LogP contribution in [0, 0.1) is 0 Å². The molecule has 0 unspecified atom stereocenters. The fourth-order valence-electron chi connectivity index (χ4n) is 2.09. The van der Waals surface area contributed by atoms with E-state index in [1.54, 1.807) is 0 Å². The van der Waals surface area contributed by atoms with Gasteiger partial charge >= 0.3 is 0 Å². The number of nitrogens with one attached hydrogen (secondary N) is 1. The Hall–Kier alpha value is -1.88. The van der Waals surface area contributed by atoms with E-state index in [1.807, 2.05) is 18.2 Å². The zero-order valence-corrected chi connectivity index (χ0v) is 9.35. The van der Waals surface area contributed by atoms with Crippen LogP contribution in [-0.2, 0) is 4.74 Å². The van der Waals surface area contributed by atoms with Gasteiger partial charge in [-0.3, -0.25) is 9.89 Å². The summed E-state index contributed by atoms with van der Waals surface area (Å²) in [4.78, 5) is 13.8. The van der Waals surface area contributed by atoms with Crippen molar-refractivity contribution in [3.63, 3.8) is 0 Å². The maximum absolute atomic E-state index is 11.6. The summed E-state index contributed by atoms with van der Waals surface area (Å²) >= 11 is 0. The van der Waals surface area contributed by atoms with Crippen molar-refractivity contribution in [1.82, 2.24) is 10.2 Å². The number of nitrogens with zero attached hydrogens (tertiary/aromatic N) is 2. The van der Waals surface area contributed by atoms with Crippen LogP contribution in [0.3, 0.4) is 0 Å². The number of rotatable bonds is 1. The normalized spacial score (nSPS) is 16.4. The highest BCUT2D eigenvalue weighted by Gasteiger charge is 2.11. The van der Waals surface area contributed by atoms with Crippen LogP contribution in [0.25, 0.3) is 10.9 Å². The zero-order valence-electron chi connectivity index (χ0n) is 9.35. The Morgan fingerprint density at radius 3 is 2.94 bits per heavy atom. The summed E-state index contributed by atoms with van der Waals surface area (Å²) in [6.45, 7) is 3.27. The predicted molar refractivity (Wildman–Crippen MR) is 65.4 cm³/mol. The minimum Gasteiger partial charge on any atom is -0.378 e. The van der Waals surface area contributed by atoms with Gasteiger partial charge < -0.3 is 9.64 Å². The van der Waals surface area contributed by atoms with Crippen molar-refractivity contribution in [1.29, 1.82) is 0 Å². The Morgan fingerprint density at radius 2 is 2.12 bits per heavy atom. The molecule has 17 heavy (non-hydrogen) atoms. The number of hydrogen-bond donors (Lipinski definition) is 1. The molecule has 1 fully saturated rings. The van der Waals surface area contributed by atoms with Crippen molar-refractivity contribution in [2.45, 2.75) is 0 Å². The Labute approximate surface area is 98.0 Å². The number of H-pyrrole nitrogens is 1. The van der Waals surface area contributed by atoms with E-state index in [0.717, 1.165) is 37.5 Å². The Kier molecular flexibility index (Phi) is 2.53. The highest BCUT2D eigenvalue weighted by Crippen LogP contribution is 2.19. The summed E-state index contributed by atoms with van der Waals surface area (Å²) in [5.41, 5.74) is 1.83. The molecule has 0 amide bonds. The Morgan fingerprint density at radius 1 is 1.29 bits per heavy atom. The van der Waals surface area contributed by atoms with Gasteiger partial charge in [0.05, 0.1) is 24.9 Å². The SMILES string of the molecule is O=c1cn[nH]c2cc(N3CCOCC3)ccc12. The van der Waals surface area contributed by atoms with Gasteiger partial charge in [0, 0.05) is 24.2 Å². The molecule has 1 saturated heterocycles. The Balaban J connectivity index is 2.04. The van der Waals surface area contributed by atoms with Crippen LogP contribution in [0.4, 0.5) is 5.69 Å². The maximum Gasteiger partial charge on any atom is 0.207 e. The lowest BCUT2D eigenvalue weighted by Gasteiger charge is -2.28. The fraction of sp³-hybridized carbons (Fsp3) is 0.333. The molecule has 0 aliphatic carbocycles. The van der Waals surface area contributed by atoms with Gasteiger partial charge in [0.1, 0.15) is 0 Å². The van der Waals surface area contributed by atoms with Gasteiger partial charge in [0.15, 0.2) is 0 Å². The molecular formula is C12H13N3O2. The number of aromatic amines is 1. The number of morpholine rings is 1. The second kappa shape index (κ2) is 4.18. The zero-order chi connectivity index (χ0) is 11.7. The molecule has 0 bridgehead atoms.